The third-order valence-electron chi connectivity index (χ3n) is 5.59. The third kappa shape index (κ3) is 5.13. The largest absolute Gasteiger partial charge is 0.397 e. The number of imidazole rings is 1. The van der Waals surface area contributed by atoms with Crippen LogP contribution in [-0.2, 0) is 6.54 Å². The number of amides is 1. The number of para-hydroxylation sites is 1. The summed E-state index contributed by atoms with van der Waals surface area (Å²) >= 11 is 1.35. The highest BCUT2D eigenvalue weighted by Crippen LogP contribution is 2.32. The highest BCUT2D eigenvalue weighted by molar-refractivity contribution is 7.18. The van der Waals surface area contributed by atoms with Crippen LogP contribution in [0.4, 0.5) is 31.0 Å². The molecule has 37 heavy (non-hydrogen) atoms. The number of halogens is 2. The van der Waals surface area contributed by atoms with E-state index in [1.807, 2.05) is 36.8 Å². The Labute approximate surface area is 215 Å². The van der Waals surface area contributed by atoms with E-state index in [1.165, 1.54) is 41.7 Å². The number of carbonyl (C=O) groups is 1. The summed E-state index contributed by atoms with van der Waals surface area (Å²) in [4.78, 5) is 24.3. The maximum atomic E-state index is 14.8. The molecule has 0 saturated carbocycles. The van der Waals surface area contributed by atoms with Gasteiger partial charge in [0.25, 0.3) is 5.91 Å². The van der Waals surface area contributed by atoms with Crippen molar-refractivity contribution in [3.63, 3.8) is 0 Å². The van der Waals surface area contributed by atoms with Crippen LogP contribution in [0.25, 0.3) is 16.2 Å². The summed E-state index contributed by atoms with van der Waals surface area (Å²) in [5.74, 6) is -2.01. The number of fused-ring (bicyclic) bond motifs is 1. The molecule has 188 valence electrons. The number of hydrogen-bond acceptors (Lipinski definition) is 7. The van der Waals surface area contributed by atoms with Crippen LogP contribution in [0.5, 0.6) is 0 Å². The van der Waals surface area contributed by atoms with Gasteiger partial charge in [0.1, 0.15) is 23.0 Å². The van der Waals surface area contributed by atoms with Gasteiger partial charge in [-0.2, -0.15) is 0 Å². The lowest BCUT2D eigenvalue weighted by Gasteiger charge is -2.10. The molecule has 0 aliphatic carbocycles. The number of nitrogens with one attached hydrogen (secondary N) is 2. The molecule has 0 atom stereocenters. The molecule has 3 heterocycles. The Hall–Kier alpha value is -4.35. The summed E-state index contributed by atoms with van der Waals surface area (Å²) < 4.78 is 30.8. The predicted octanol–water partition coefficient (Wildman–Crippen LogP) is 5.38. The lowest BCUT2D eigenvalue weighted by Crippen LogP contribution is -2.15. The van der Waals surface area contributed by atoms with E-state index in [0.29, 0.717) is 5.13 Å². The number of nitrogens with two attached hydrogens (primary N) is 1. The van der Waals surface area contributed by atoms with Gasteiger partial charge in [-0.25, -0.2) is 18.7 Å². The Balaban J connectivity index is 1.32. The van der Waals surface area contributed by atoms with Crippen molar-refractivity contribution in [3.8, 4) is 10.6 Å². The number of hydrogen-bond donors (Lipinski definition) is 3. The number of nitrogen functional groups attached to an aromatic ring is 1. The van der Waals surface area contributed by atoms with Crippen LogP contribution < -0.4 is 16.4 Å². The van der Waals surface area contributed by atoms with Gasteiger partial charge in [0.2, 0.25) is 0 Å². The van der Waals surface area contributed by atoms with Gasteiger partial charge in [0, 0.05) is 24.5 Å². The number of benzene rings is 2. The van der Waals surface area contributed by atoms with Gasteiger partial charge in [0.15, 0.2) is 5.13 Å². The molecule has 11 heteroatoms. The molecule has 0 fully saturated rings. The predicted molar refractivity (Wildman–Crippen MR) is 142 cm³/mol. The Morgan fingerprint density at radius 1 is 1.08 bits per heavy atom. The summed E-state index contributed by atoms with van der Waals surface area (Å²) in [5.41, 5.74) is 8.68. The molecule has 3 aromatic heterocycles. The summed E-state index contributed by atoms with van der Waals surface area (Å²) in [5, 5.41) is 5.82. The maximum absolute atomic E-state index is 14.8. The smallest absolute Gasteiger partial charge is 0.255 e. The van der Waals surface area contributed by atoms with Crippen LogP contribution in [0.3, 0.4) is 0 Å². The molecular formula is C26H23F2N7OS. The highest BCUT2D eigenvalue weighted by atomic mass is 32.1. The molecule has 0 aliphatic rings. The molecule has 5 aromatic rings. The molecule has 0 spiro atoms. The summed E-state index contributed by atoms with van der Waals surface area (Å²) in [6.07, 6.45) is 5.45. The number of pyridine rings is 1. The van der Waals surface area contributed by atoms with Crippen molar-refractivity contribution in [1.82, 2.24) is 19.3 Å². The number of aromatic nitrogens is 3. The topological polar surface area (TPSA) is 101 Å². The first-order valence-electron chi connectivity index (χ1n) is 11.3. The van der Waals surface area contributed by atoms with E-state index in [9.17, 15) is 13.6 Å². The number of carbonyl (C=O) groups excluding carboxylic acids is 1. The van der Waals surface area contributed by atoms with Crippen molar-refractivity contribution in [2.24, 2.45) is 0 Å². The number of nitrogens with zero attached hydrogens (tertiary/aromatic N) is 4. The van der Waals surface area contributed by atoms with Crippen molar-refractivity contribution in [2.75, 3.05) is 30.5 Å². The van der Waals surface area contributed by atoms with Crippen LogP contribution in [0.2, 0.25) is 0 Å². The molecule has 0 radical (unpaired) electrons. The zero-order valence-electron chi connectivity index (χ0n) is 20.0. The summed E-state index contributed by atoms with van der Waals surface area (Å²) in [6, 6.07) is 12.1. The van der Waals surface area contributed by atoms with Gasteiger partial charge in [-0.05, 0) is 62.1 Å². The molecule has 2 aromatic carbocycles. The fourth-order valence-electron chi connectivity index (χ4n) is 3.85. The Kier molecular flexibility index (Phi) is 6.55. The van der Waals surface area contributed by atoms with Crippen LogP contribution >= 0.6 is 11.3 Å². The molecule has 1 amide bonds. The molecule has 0 saturated heterocycles. The minimum atomic E-state index is -0.680. The SMILES string of the molecule is CN(C)Cc1ccn2c(-c3cnc(Nc4ccc(C(=O)Nc5c(N)cccc5F)cc4F)s3)cnc2c1. The second kappa shape index (κ2) is 9.96. The molecule has 0 aliphatic heterocycles. The van der Waals surface area contributed by atoms with Crippen LogP contribution in [0.15, 0.2) is 67.1 Å². The Bertz CT molecular complexity index is 1590. The minimum Gasteiger partial charge on any atom is -0.397 e. The Morgan fingerprint density at radius 3 is 2.68 bits per heavy atom. The summed E-state index contributed by atoms with van der Waals surface area (Å²) in [7, 11) is 4.03. The second-order valence-electron chi connectivity index (χ2n) is 8.65. The molecule has 8 nitrogen and oxygen atoms in total. The van der Waals surface area contributed by atoms with E-state index in [1.54, 1.807) is 12.4 Å². The highest BCUT2D eigenvalue weighted by Gasteiger charge is 2.16. The first-order valence-corrected chi connectivity index (χ1v) is 12.1. The van der Waals surface area contributed by atoms with E-state index >= 15 is 0 Å². The van der Waals surface area contributed by atoms with Crippen LogP contribution in [0, 0.1) is 11.6 Å². The van der Waals surface area contributed by atoms with E-state index < -0.39 is 17.5 Å². The van der Waals surface area contributed by atoms with E-state index in [-0.39, 0.29) is 22.6 Å². The minimum absolute atomic E-state index is 0.0184. The summed E-state index contributed by atoms with van der Waals surface area (Å²) in [6.45, 7) is 0.816. The zero-order chi connectivity index (χ0) is 26.1. The Morgan fingerprint density at radius 2 is 1.92 bits per heavy atom. The molecule has 0 unspecified atom stereocenters. The average Bonchev–Trinajstić information content (AvgIpc) is 3.48. The second-order valence-corrected chi connectivity index (χ2v) is 9.68. The van der Waals surface area contributed by atoms with Crippen molar-refractivity contribution in [3.05, 3.63) is 89.9 Å². The van der Waals surface area contributed by atoms with Gasteiger partial charge >= 0.3 is 0 Å². The van der Waals surface area contributed by atoms with Crippen LogP contribution in [0.1, 0.15) is 15.9 Å². The number of anilines is 4. The van der Waals surface area contributed by atoms with Gasteiger partial charge in [0.05, 0.1) is 28.1 Å². The first-order chi connectivity index (χ1) is 17.8. The molecule has 5 rings (SSSR count). The van der Waals surface area contributed by atoms with Gasteiger partial charge in [-0.1, -0.05) is 17.4 Å². The van der Waals surface area contributed by atoms with Crippen molar-refractivity contribution < 1.29 is 13.6 Å². The van der Waals surface area contributed by atoms with Crippen molar-refractivity contribution in [2.45, 2.75) is 6.54 Å². The van der Waals surface area contributed by atoms with Gasteiger partial charge in [-0.3, -0.25) is 9.20 Å². The standard InChI is InChI=1S/C26H23F2N7OS/c1-34(2)14-15-8-9-35-21(12-30-23(35)10-15)22-13-31-26(37-22)32-20-7-6-16(11-18(20)28)25(36)33-24-17(27)4-3-5-19(24)29/h3-13H,14,29H2,1-2H3,(H,31,32)(H,33,36). The van der Waals surface area contributed by atoms with Gasteiger partial charge in [-0.15, -0.1) is 0 Å². The fraction of sp³-hybridized carbons (Fsp3) is 0.115. The number of thiazole rings is 1. The third-order valence-corrected chi connectivity index (χ3v) is 6.53. The van der Waals surface area contributed by atoms with E-state index in [0.717, 1.165) is 34.4 Å². The lowest BCUT2D eigenvalue weighted by atomic mass is 10.1. The quantitative estimate of drug-likeness (QED) is 0.250. The molecule has 4 N–H and O–H groups in total. The maximum Gasteiger partial charge on any atom is 0.255 e. The van der Waals surface area contributed by atoms with Crippen LogP contribution in [-0.4, -0.2) is 39.3 Å². The normalized spacial score (nSPS) is 11.3. The first kappa shape index (κ1) is 24.3. The van der Waals surface area contributed by atoms with Crippen molar-refractivity contribution >= 4 is 45.1 Å². The van der Waals surface area contributed by atoms with Gasteiger partial charge < -0.3 is 21.3 Å². The molecule has 0 bridgehead atoms. The zero-order valence-corrected chi connectivity index (χ0v) is 20.8. The van der Waals surface area contributed by atoms with E-state index in [2.05, 4.69) is 25.5 Å². The number of rotatable bonds is 7. The van der Waals surface area contributed by atoms with E-state index in [4.69, 9.17) is 5.73 Å². The average molecular weight is 520 g/mol. The monoisotopic (exact) mass is 519 g/mol. The lowest BCUT2D eigenvalue weighted by molar-refractivity contribution is 0.102. The molecular weight excluding hydrogens is 496 g/mol. The van der Waals surface area contributed by atoms with Crippen molar-refractivity contribution in [1.29, 1.82) is 0 Å². The fourth-order valence-corrected chi connectivity index (χ4v) is 4.69.